The van der Waals surface area contributed by atoms with E-state index < -0.39 is 29.5 Å². The predicted octanol–water partition coefficient (Wildman–Crippen LogP) is 5.47. The molecule has 3 aromatic carbocycles. The van der Waals surface area contributed by atoms with E-state index in [-0.39, 0.29) is 32.6 Å². The van der Waals surface area contributed by atoms with Crippen LogP contribution >= 0.6 is 11.3 Å². The van der Waals surface area contributed by atoms with E-state index in [0.29, 0.717) is 23.6 Å². The summed E-state index contributed by atoms with van der Waals surface area (Å²) in [7, 11) is 2.60. The lowest BCUT2D eigenvalue weighted by molar-refractivity contribution is -0.132. The number of methoxy groups -OCH3 is 2. The molecule has 5 rings (SSSR count). The summed E-state index contributed by atoms with van der Waals surface area (Å²) in [6.07, 6.45) is 0. The van der Waals surface area contributed by atoms with Crippen LogP contribution in [-0.2, 0) is 20.9 Å². The number of carbonyl (C=O) groups excluding carboxylic acids is 3. The Morgan fingerprint density at radius 3 is 2.42 bits per heavy atom. The lowest BCUT2D eigenvalue weighted by atomic mass is 9.95. The van der Waals surface area contributed by atoms with Crippen molar-refractivity contribution in [2.24, 2.45) is 0 Å². The Hall–Kier alpha value is -5.16. The van der Waals surface area contributed by atoms with Crippen molar-refractivity contribution in [1.29, 1.82) is 0 Å². The number of aromatic hydroxyl groups is 1. The number of ketones is 1. The zero-order valence-electron chi connectivity index (χ0n) is 23.8. The molecule has 1 aromatic heterocycles. The maximum Gasteiger partial charge on any atom is 0.350 e. The van der Waals surface area contributed by atoms with Crippen LogP contribution in [0.5, 0.6) is 17.2 Å². The summed E-state index contributed by atoms with van der Waals surface area (Å²) in [5.41, 5.74) is 2.90. The number of anilines is 1. The summed E-state index contributed by atoms with van der Waals surface area (Å²) in [5.74, 6) is -2.43. The zero-order valence-corrected chi connectivity index (χ0v) is 24.6. The summed E-state index contributed by atoms with van der Waals surface area (Å²) >= 11 is 0.889. The largest absolute Gasteiger partial charge is 0.507 e. The Kier molecular flexibility index (Phi) is 8.18. The van der Waals surface area contributed by atoms with Gasteiger partial charge in [0.1, 0.15) is 23.0 Å². The maximum absolute atomic E-state index is 13.5. The van der Waals surface area contributed by atoms with Gasteiger partial charge in [0.2, 0.25) is 0 Å². The second-order valence-electron chi connectivity index (χ2n) is 9.74. The van der Waals surface area contributed by atoms with E-state index in [1.54, 1.807) is 31.2 Å². The standard InChI is InChI=1S/C32H28N2O8S/c1-17-7-5-6-8-21(17)16-42-22-12-9-19(10-13-22)27(36)25-26(20-11-14-23(35)24(15-20)40-3)34(30(38)28(25)37)32-33-18(2)29(43-32)31(39)41-4/h5-15,26,35-36H,16H2,1-4H3. The molecule has 11 heteroatoms. The number of hydrogen-bond acceptors (Lipinski definition) is 10. The topological polar surface area (TPSA) is 135 Å². The molecule has 0 aliphatic carbocycles. The number of Topliss-reactive ketones (excluding diaryl/α,β-unsaturated/α-hetero) is 1. The molecule has 1 aliphatic rings. The number of ether oxygens (including phenoxy) is 3. The van der Waals surface area contributed by atoms with Crippen molar-refractivity contribution in [2.45, 2.75) is 26.5 Å². The fourth-order valence-electron chi connectivity index (χ4n) is 4.77. The van der Waals surface area contributed by atoms with E-state index in [1.807, 2.05) is 31.2 Å². The van der Waals surface area contributed by atoms with E-state index in [2.05, 4.69) is 4.98 Å². The fourth-order valence-corrected chi connectivity index (χ4v) is 5.79. The van der Waals surface area contributed by atoms with Gasteiger partial charge in [-0.2, -0.15) is 0 Å². The van der Waals surface area contributed by atoms with Crippen LogP contribution in [-0.4, -0.2) is 47.1 Å². The van der Waals surface area contributed by atoms with E-state index >= 15 is 0 Å². The van der Waals surface area contributed by atoms with E-state index in [9.17, 15) is 24.6 Å². The second kappa shape index (κ2) is 12.0. The molecule has 1 saturated heterocycles. The SMILES string of the molecule is COC(=O)c1sc(N2C(=O)C(=O)C(=C(O)c3ccc(OCc4ccccc4C)cc3)C2c2ccc(O)c(OC)c2)nc1C. The van der Waals surface area contributed by atoms with Crippen molar-refractivity contribution >= 4 is 39.9 Å². The molecule has 0 spiro atoms. The monoisotopic (exact) mass is 600 g/mol. The van der Waals surface area contributed by atoms with Crippen molar-refractivity contribution in [3.63, 3.8) is 0 Å². The molecule has 43 heavy (non-hydrogen) atoms. The van der Waals surface area contributed by atoms with Crippen LogP contribution < -0.4 is 14.4 Å². The van der Waals surface area contributed by atoms with E-state index in [0.717, 1.165) is 27.4 Å². The smallest absolute Gasteiger partial charge is 0.350 e. The second-order valence-corrected chi connectivity index (χ2v) is 10.7. The van der Waals surface area contributed by atoms with Gasteiger partial charge in [0, 0.05) is 5.56 Å². The van der Waals surface area contributed by atoms with Gasteiger partial charge in [-0.05, 0) is 66.9 Å². The minimum Gasteiger partial charge on any atom is -0.507 e. The van der Waals surface area contributed by atoms with Gasteiger partial charge < -0.3 is 24.4 Å². The highest BCUT2D eigenvalue weighted by Gasteiger charge is 2.48. The Bertz CT molecular complexity index is 1760. The Balaban J connectivity index is 1.57. The minimum atomic E-state index is -1.15. The third-order valence-corrected chi connectivity index (χ3v) is 8.25. The first-order valence-electron chi connectivity index (χ1n) is 13.2. The first kappa shape index (κ1) is 29.3. The van der Waals surface area contributed by atoms with Gasteiger partial charge in [-0.1, -0.05) is 41.7 Å². The van der Waals surface area contributed by atoms with Crippen molar-refractivity contribution < 1.29 is 38.8 Å². The minimum absolute atomic E-state index is 0.0658. The predicted molar refractivity (Wildman–Crippen MR) is 160 cm³/mol. The number of rotatable bonds is 8. The molecule has 1 atom stereocenters. The van der Waals surface area contributed by atoms with Gasteiger partial charge in [0.15, 0.2) is 16.6 Å². The van der Waals surface area contributed by atoms with Crippen LogP contribution in [0, 0.1) is 13.8 Å². The first-order valence-corrected chi connectivity index (χ1v) is 14.0. The number of phenolic OH excluding ortho intramolecular Hbond substituents is 1. The molecular formula is C32H28N2O8S. The molecule has 4 aromatic rings. The number of esters is 1. The molecule has 2 heterocycles. The summed E-state index contributed by atoms with van der Waals surface area (Å²) in [6, 6.07) is 17.6. The van der Waals surface area contributed by atoms with Crippen molar-refractivity contribution in [2.75, 3.05) is 19.1 Å². The van der Waals surface area contributed by atoms with Crippen LogP contribution in [0.4, 0.5) is 5.13 Å². The molecule has 1 unspecified atom stereocenters. The normalized spacial score (nSPS) is 15.9. The lowest BCUT2D eigenvalue weighted by Gasteiger charge is -2.23. The van der Waals surface area contributed by atoms with Crippen LogP contribution in [0.25, 0.3) is 5.76 Å². The third kappa shape index (κ3) is 5.54. The lowest BCUT2D eigenvalue weighted by Crippen LogP contribution is -2.29. The highest BCUT2D eigenvalue weighted by atomic mass is 32.1. The number of thiazole rings is 1. The van der Waals surface area contributed by atoms with Crippen molar-refractivity contribution in [3.05, 3.63) is 105 Å². The average molecular weight is 601 g/mol. The van der Waals surface area contributed by atoms with Crippen molar-refractivity contribution in [3.8, 4) is 17.2 Å². The Morgan fingerprint density at radius 1 is 1.02 bits per heavy atom. The Morgan fingerprint density at radius 2 is 1.74 bits per heavy atom. The zero-order chi connectivity index (χ0) is 30.8. The number of carbonyl (C=O) groups is 3. The highest BCUT2D eigenvalue weighted by molar-refractivity contribution is 7.17. The number of aliphatic hydroxyl groups excluding tert-OH is 1. The van der Waals surface area contributed by atoms with Gasteiger partial charge in [-0.3, -0.25) is 14.5 Å². The quantitative estimate of drug-likeness (QED) is 0.117. The molecule has 1 aliphatic heterocycles. The summed E-state index contributed by atoms with van der Waals surface area (Å²) < 4.78 is 16.0. The molecule has 1 amide bonds. The summed E-state index contributed by atoms with van der Waals surface area (Å²) in [4.78, 5) is 45.0. The molecule has 1 fully saturated rings. The van der Waals surface area contributed by atoms with Crippen molar-refractivity contribution in [1.82, 2.24) is 4.98 Å². The highest BCUT2D eigenvalue weighted by Crippen LogP contribution is 2.45. The fraction of sp³-hybridized carbons (Fsp3) is 0.188. The third-order valence-electron chi connectivity index (χ3n) is 7.11. The number of nitrogens with zero attached hydrogens (tertiary/aromatic N) is 2. The molecule has 2 N–H and O–H groups in total. The maximum atomic E-state index is 13.5. The summed E-state index contributed by atoms with van der Waals surface area (Å²) in [5, 5.41) is 21.7. The molecule has 0 bridgehead atoms. The Labute approximate surface area is 251 Å². The van der Waals surface area contributed by atoms with Gasteiger partial charge in [0.25, 0.3) is 5.78 Å². The van der Waals surface area contributed by atoms with Crippen LogP contribution in [0.3, 0.4) is 0 Å². The van der Waals surface area contributed by atoms with Crippen LogP contribution in [0.2, 0.25) is 0 Å². The number of hydrogen-bond donors (Lipinski definition) is 2. The van der Waals surface area contributed by atoms with Gasteiger partial charge in [-0.25, -0.2) is 9.78 Å². The van der Waals surface area contributed by atoms with Gasteiger partial charge >= 0.3 is 11.9 Å². The number of aliphatic hydroxyl groups is 1. The van der Waals surface area contributed by atoms with Crippen LogP contribution in [0.15, 0.2) is 72.3 Å². The number of aromatic nitrogens is 1. The van der Waals surface area contributed by atoms with E-state index in [4.69, 9.17) is 14.2 Å². The number of benzene rings is 3. The van der Waals surface area contributed by atoms with Crippen LogP contribution in [0.1, 0.15) is 43.7 Å². The number of phenols is 1. The van der Waals surface area contributed by atoms with Gasteiger partial charge in [0.05, 0.1) is 31.5 Å². The van der Waals surface area contributed by atoms with Gasteiger partial charge in [-0.15, -0.1) is 0 Å². The number of aryl methyl sites for hydroxylation is 2. The molecule has 0 saturated carbocycles. The first-order chi connectivity index (χ1) is 20.6. The molecule has 0 radical (unpaired) electrons. The average Bonchev–Trinajstić information content (AvgIpc) is 3.52. The molecule has 10 nitrogen and oxygen atoms in total. The number of amides is 1. The molecular weight excluding hydrogens is 572 g/mol. The van der Waals surface area contributed by atoms with E-state index in [1.165, 1.54) is 32.4 Å². The molecule has 220 valence electrons. The summed E-state index contributed by atoms with van der Waals surface area (Å²) in [6.45, 7) is 3.94.